The molecule has 1 N–H and O–H groups in total. The van der Waals surface area contributed by atoms with Gasteiger partial charge < -0.3 is 9.64 Å². The Bertz CT molecular complexity index is 1140. The Morgan fingerprint density at radius 1 is 1.14 bits per heavy atom. The van der Waals surface area contributed by atoms with Crippen molar-refractivity contribution in [3.05, 3.63) is 70.1 Å². The lowest BCUT2D eigenvalue weighted by atomic mass is 9.96. The number of fused-ring (bicyclic) bond motifs is 2. The third-order valence-electron chi connectivity index (χ3n) is 5.24. The molecule has 1 aliphatic rings. The lowest BCUT2D eigenvalue weighted by Gasteiger charge is -2.35. The van der Waals surface area contributed by atoms with Crippen LogP contribution < -0.4 is 10.5 Å². The van der Waals surface area contributed by atoms with Gasteiger partial charge in [0.05, 0.1) is 17.5 Å². The number of anilines is 1. The number of rotatable bonds is 4. The number of nitrogens with one attached hydrogen (secondary N) is 1. The van der Waals surface area contributed by atoms with Gasteiger partial charge in [-0.05, 0) is 37.5 Å². The summed E-state index contributed by atoms with van der Waals surface area (Å²) in [5.74, 6) is -0.821. The molecule has 29 heavy (non-hydrogen) atoms. The normalized spacial score (nSPS) is 15.8. The highest BCUT2D eigenvalue weighted by atomic mass is 16.5. The third-order valence-corrected chi connectivity index (χ3v) is 5.24. The molecule has 2 heterocycles. The van der Waals surface area contributed by atoms with E-state index in [9.17, 15) is 14.4 Å². The monoisotopic (exact) mass is 391 g/mol. The maximum atomic E-state index is 12.8. The van der Waals surface area contributed by atoms with Gasteiger partial charge in [-0.2, -0.15) is 5.10 Å². The molecule has 1 amide bonds. The van der Waals surface area contributed by atoms with Gasteiger partial charge in [0.1, 0.15) is 0 Å². The number of para-hydroxylation sites is 1. The molecule has 0 aliphatic carbocycles. The van der Waals surface area contributed by atoms with Crippen LogP contribution in [0.15, 0.2) is 53.3 Å². The van der Waals surface area contributed by atoms with E-state index in [1.807, 2.05) is 31.2 Å². The average molecular weight is 391 g/mol. The molecule has 7 nitrogen and oxygen atoms in total. The number of aryl methyl sites for hydroxylation is 1. The van der Waals surface area contributed by atoms with E-state index < -0.39 is 5.97 Å². The molecule has 2 aromatic carbocycles. The highest BCUT2D eigenvalue weighted by Crippen LogP contribution is 2.30. The topological polar surface area (TPSA) is 92.4 Å². The van der Waals surface area contributed by atoms with Crippen molar-refractivity contribution in [3.63, 3.8) is 0 Å². The zero-order valence-corrected chi connectivity index (χ0v) is 16.1. The number of nitrogens with zero attached hydrogens (tertiary/aromatic N) is 2. The van der Waals surface area contributed by atoms with Gasteiger partial charge in [0.25, 0.3) is 11.5 Å². The molecular formula is C22H21N3O4. The van der Waals surface area contributed by atoms with Crippen LogP contribution in [-0.4, -0.2) is 34.7 Å². The van der Waals surface area contributed by atoms with Crippen molar-refractivity contribution in [1.82, 2.24) is 10.2 Å². The first-order chi connectivity index (χ1) is 14.0. The number of ether oxygens (including phenoxy) is 1. The van der Waals surface area contributed by atoms with Crippen LogP contribution in [0.1, 0.15) is 24.6 Å². The molecule has 0 bridgehead atoms. The molecule has 0 spiro atoms. The first-order valence-electron chi connectivity index (χ1n) is 9.56. The molecular weight excluding hydrogens is 370 g/mol. The summed E-state index contributed by atoms with van der Waals surface area (Å²) in [5, 5.41) is 7.42. The van der Waals surface area contributed by atoms with Gasteiger partial charge in [-0.25, -0.2) is 5.10 Å². The molecule has 0 radical (unpaired) electrons. The van der Waals surface area contributed by atoms with Crippen molar-refractivity contribution in [3.8, 4) is 0 Å². The summed E-state index contributed by atoms with van der Waals surface area (Å²) >= 11 is 0. The van der Waals surface area contributed by atoms with Gasteiger partial charge in [0.15, 0.2) is 6.61 Å². The number of carbonyl (C=O) groups is 2. The predicted molar refractivity (Wildman–Crippen MR) is 109 cm³/mol. The number of aromatic amines is 1. The number of aromatic nitrogens is 2. The van der Waals surface area contributed by atoms with Gasteiger partial charge >= 0.3 is 5.97 Å². The van der Waals surface area contributed by atoms with Gasteiger partial charge in [0, 0.05) is 17.1 Å². The van der Waals surface area contributed by atoms with Crippen LogP contribution in [0.5, 0.6) is 0 Å². The van der Waals surface area contributed by atoms with Crippen molar-refractivity contribution >= 4 is 28.3 Å². The van der Waals surface area contributed by atoms with E-state index in [-0.39, 0.29) is 30.5 Å². The first-order valence-corrected chi connectivity index (χ1v) is 9.56. The lowest BCUT2D eigenvalue weighted by Crippen LogP contribution is -2.44. The Morgan fingerprint density at radius 3 is 2.69 bits per heavy atom. The fourth-order valence-corrected chi connectivity index (χ4v) is 3.77. The minimum Gasteiger partial charge on any atom is -0.455 e. The maximum Gasteiger partial charge on any atom is 0.312 e. The summed E-state index contributed by atoms with van der Waals surface area (Å²) < 4.78 is 5.24. The average Bonchev–Trinajstić information content (AvgIpc) is 2.74. The van der Waals surface area contributed by atoms with Crippen molar-refractivity contribution in [2.45, 2.75) is 32.2 Å². The molecule has 0 saturated carbocycles. The number of hydrogen-bond donors (Lipinski definition) is 1. The fraction of sp³-hybridized carbons (Fsp3) is 0.273. The van der Waals surface area contributed by atoms with E-state index >= 15 is 0 Å². The van der Waals surface area contributed by atoms with Crippen LogP contribution in [0.25, 0.3) is 10.8 Å². The van der Waals surface area contributed by atoms with Gasteiger partial charge in [-0.1, -0.05) is 36.4 Å². The highest BCUT2D eigenvalue weighted by Gasteiger charge is 2.28. The van der Waals surface area contributed by atoms with Gasteiger partial charge in [-0.3, -0.25) is 14.4 Å². The summed E-state index contributed by atoms with van der Waals surface area (Å²) in [4.78, 5) is 38.7. The van der Waals surface area contributed by atoms with Crippen molar-refractivity contribution in [1.29, 1.82) is 0 Å². The number of hydrogen-bond acceptors (Lipinski definition) is 5. The number of benzene rings is 2. The first kappa shape index (κ1) is 18.9. The van der Waals surface area contributed by atoms with Crippen LogP contribution in [0, 0.1) is 0 Å². The second-order valence-corrected chi connectivity index (χ2v) is 7.16. The Morgan fingerprint density at radius 2 is 1.86 bits per heavy atom. The second kappa shape index (κ2) is 7.87. The minimum atomic E-state index is -0.569. The molecule has 1 atom stereocenters. The second-order valence-electron chi connectivity index (χ2n) is 7.16. The SMILES string of the molecule is CC1CCc2ccccc2N1C(=O)COC(=O)Cc1n[nH]c(=O)c2ccccc12. The third kappa shape index (κ3) is 3.76. The number of esters is 1. The van der Waals surface area contributed by atoms with E-state index in [4.69, 9.17) is 4.74 Å². The summed E-state index contributed by atoms with van der Waals surface area (Å²) in [7, 11) is 0. The van der Waals surface area contributed by atoms with Crippen molar-refractivity contribution in [2.24, 2.45) is 0 Å². The summed E-state index contributed by atoms with van der Waals surface area (Å²) in [6.45, 7) is 1.66. The Hall–Kier alpha value is -3.48. The van der Waals surface area contributed by atoms with Crippen LogP contribution >= 0.6 is 0 Å². The van der Waals surface area contributed by atoms with Crippen LogP contribution in [0.3, 0.4) is 0 Å². The smallest absolute Gasteiger partial charge is 0.312 e. The Labute approximate surface area is 167 Å². The largest absolute Gasteiger partial charge is 0.455 e. The quantitative estimate of drug-likeness (QED) is 0.690. The van der Waals surface area contributed by atoms with E-state index in [0.717, 1.165) is 24.1 Å². The van der Waals surface area contributed by atoms with Crippen LogP contribution in [0.4, 0.5) is 5.69 Å². The Balaban J connectivity index is 1.45. The molecule has 1 unspecified atom stereocenters. The zero-order valence-electron chi connectivity index (χ0n) is 16.1. The van der Waals surface area contributed by atoms with Crippen LogP contribution in [-0.2, 0) is 27.2 Å². The van der Waals surface area contributed by atoms with Crippen LogP contribution in [0.2, 0.25) is 0 Å². The summed E-state index contributed by atoms with van der Waals surface area (Å²) in [6, 6.07) is 14.8. The molecule has 148 valence electrons. The molecule has 1 aromatic heterocycles. The summed E-state index contributed by atoms with van der Waals surface area (Å²) in [6.07, 6.45) is 1.66. The molecule has 4 rings (SSSR count). The van der Waals surface area contributed by atoms with E-state index in [1.54, 1.807) is 29.2 Å². The lowest BCUT2D eigenvalue weighted by molar-refractivity contribution is -0.147. The number of amides is 1. The molecule has 3 aromatic rings. The molecule has 7 heteroatoms. The number of carbonyl (C=O) groups excluding carboxylic acids is 2. The van der Waals surface area contributed by atoms with E-state index in [0.29, 0.717) is 16.5 Å². The minimum absolute atomic E-state index is 0.0425. The van der Waals surface area contributed by atoms with Crippen molar-refractivity contribution in [2.75, 3.05) is 11.5 Å². The van der Waals surface area contributed by atoms with Gasteiger partial charge in [0.2, 0.25) is 0 Å². The van der Waals surface area contributed by atoms with Crippen molar-refractivity contribution < 1.29 is 14.3 Å². The van der Waals surface area contributed by atoms with E-state index in [1.165, 1.54) is 0 Å². The van der Waals surface area contributed by atoms with Gasteiger partial charge in [-0.15, -0.1) is 0 Å². The summed E-state index contributed by atoms with van der Waals surface area (Å²) in [5.41, 5.74) is 2.09. The van der Waals surface area contributed by atoms with E-state index in [2.05, 4.69) is 10.2 Å². The zero-order chi connectivity index (χ0) is 20.4. The Kier molecular flexibility index (Phi) is 5.12. The molecule has 1 aliphatic heterocycles. The standard InChI is InChI=1S/C22H21N3O4/c1-14-10-11-15-6-2-5-9-19(15)25(14)20(26)13-29-21(27)12-18-16-7-3-4-8-17(16)22(28)24-23-18/h2-9,14H,10-13H2,1H3,(H,24,28). The fourth-order valence-electron chi connectivity index (χ4n) is 3.77. The number of H-pyrrole nitrogens is 1. The molecule has 0 saturated heterocycles. The maximum absolute atomic E-state index is 12.8. The predicted octanol–water partition coefficient (Wildman–Crippen LogP) is 2.38. The highest BCUT2D eigenvalue weighted by molar-refractivity contribution is 5.97. The molecule has 0 fully saturated rings.